The van der Waals surface area contributed by atoms with E-state index in [4.69, 9.17) is 4.74 Å². The van der Waals surface area contributed by atoms with Gasteiger partial charge in [-0.15, -0.1) is 0 Å². The fourth-order valence-corrected chi connectivity index (χ4v) is 1.84. The molecule has 0 amide bonds. The summed E-state index contributed by atoms with van der Waals surface area (Å²) in [6.07, 6.45) is 0.706. The summed E-state index contributed by atoms with van der Waals surface area (Å²) in [5.41, 5.74) is 0.175. The molecule has 0 radical (unpaired) electrons. The summed E-state index contributed by atoms with van der Waals surface area (Å²) in [4.78, 5) is 0. The first-order chi connectivity index (χ1) is 7.04. The van der Waals surface area contributed by atoms with Crippen LogP contribution < -0.4 is 4.74 Å². The Morgan fingerprint density at radius 3 is 2.53 bits per heavy atom. The van der Waals surface area contributed by atoms with Crippen molar-refractivity contribution < 1.29 is 9.84 Å². The Labute approximate surface area is 91.9 Å². The van der Waals surface area contributed by atoms with Gasteiger partial charge in [0.15, 0.2) is 0 Å². The van der Waals surface area contributed by atoms with Crippen LogP contribution in [0.25, 0.3) is 0 Å². The van der Waals surface area contributed by atoms with E-state index < -0.39 is 5.60 Å². The van der Waals surface area contributed by atoms with Gasteiger partial charge < -0.3 is 9.84 Å². The van der Waals surface area contributed by atoms with E-state index in [1.54, 1.807) is 7.11 Å². The summed E-state index contributed by atoms with van der Waals surface area (Å²) in [6.45, 7) is 6.06. The predicted molar refractivity (Wildman–Crippen MR) is 62.0 cm³/mol. The van der Waals surface area contributed by atoms with Crippen LogP contribution in [0.5, 0.6) is 5.75 Å². The fraction of sp³-hybridized carbons (Fsp3) is 0.538. The molecule has 1 aromatic rings. The Morgan fingerprint density at radius 2 is 2.07 bits per heavy atom. The van der Waals surface area contributed by atoms with Crippen LogP contribution in [0.4, 0.5) is 0 Å². The molecule has 0 heterocycles. The third-order valence-electron chi connectivity index (χ3n) is 3.06. The molecule has 84 valence electrons. The van der Waals surface area contributed by atoms with Crippen molar-refractivity contribution in [1.82, 2.24) is 0 Å². The van der Waals surface area contributed by atoms with Crippen molar-refractivity contribution in [3.05, 3.63) is 29.8 Å². The lowest BCUT2D eigenvalue weighted by atomic mass is 9.81. The molecule has 1 aromatic carbocycles. The zero-order valence-electron chi connectivity index (χ0n) is 9.95. The first-order valence-electron chi connectivity index (χ1n) is 5.41. The number of hydrogen-bond acceptors (Lipinski definition) is 2. The zero-order chi connectivity index (χ0) is 11.5. The van der Waals surface area contributed by atoms with Crippen molar-refractivity contribution in [2.24, 2.45) is 5.92 Å². The highest BCUT2D eigenvalue weighted by atomic mass is 16.5. The van der Waals surface area contributed by atoms with Gasteiger partial charge in [-0.1, -0.05) is 32.9 Å². The second-order valence-corrected chi connectivity index (χ2v) is 4.16. The molecular weight excluding hydrogens is 188 g/mol. The first kappa shape index (κ1) is 12.1. The van der Waals surface area contributed by atoms with Crippen molar-refractivity contribution in [2.45, 2.75) is 32.8 Å². The summed E-state index contributed by atoms with van der Waals surface area (Å²) in [6, 6.07) is 7.66. The van der Waals surface area contributed by atoms with Crippen molar-refractivity contribution in [3.8, 4) is 5.75 Å². The highest BCUT2D eigenvalue weighted by Gasteiger charge is 2.31. The third-order valence-corrected chi connectivity index (χ3v) is 3.06. The molecule has 1 rings (SSSR count). The molecule has 1 unspecified atom stereocenters. The number of aliphatic hydroxyl groups is 1. The maximum Gasteiger partial charge on any atom is 0.119 e. The highest BCUT2D eigenvalue weighted by Crippen LogP contribution is 2.34. The summed E-state index contributed by atoms with van der Waals surface area (Å²) in [7, 11) is 1.64. The van der Waals surface area contributed by atoms with Crippen LogP contribution in [0.2, 0.25) is 0 Å². The average molecular weight is 208 g/mol. The average Bonchev–Trinajstić information content (AvgIpc) is 2.27. The van der Waals surface area contributed by atoms with E-state index >= 15 is 0 Å². The molecule has 0 aliphatic heterocycles. The molecule has 0 bridgehead atoms. The van der Waals surface area contributed by atoms with E-state index in [0.29, 0.717) is 6.42 Å². The van der Waals surface area contributed by atoms with Gasteiger partial charge in [-0.2, -0.15) is 0 Å². The molecule has 2 heteroatoms. The van der Waals surface area contributed by atoms with E-state index in [-0.39, 0.29) is 5.92 Å². The monoisotopic (exact) mass is 208 g/mol. The third kappa shape index (κ3) is 2.32. The molecule has 0 aliphatic rings. The van der Waals surface area contributed by atoms with Gasteiger partial charge in [0.25, 0.3) is 0 Å². The lowest BCUT2D eigenvalue weighted by molar-refractivity contribution is -0.0141. The maximum absolute atomic E-state index is 10.5. The number of benzene rings is 1. The van der Waals surface area contributed by atoms with Crippen LogP contribution in [0.15, 0.2) is 24.3 Å². The topological polar surface area (TPSA) is 29.5 Å². The smallest absolute Gasteiger partial charge is 0.119 e. The Hall–Kier alpha value is -1.02. The van der Waals surface area contributed by atoms with Gasteiger partial charge in [-0.05, 0) is 30.0 Å². The number of methoxy groups -OCH3 is 1. The molecule has 0 aliphatic carbocycles. The molecule has 1 N–H and O–H groups in total. The standard InChI is InChI=1S/C13H20O2/c1-5-13(14,10(2)3)11-7-6-8-12(9-11)15-4/h6-10,14H,5H2,1-4H3. The summed E-state index contributed by atoms with van der Waals surface area (Å²) >= 11 is 0. The van der Waals surface area contributed by atoms with E-state index in [1.165, 1.54) is 0 Å². The van der Waals surface area contributed by atoms with E-state index in [9.17, 15) is 5.11 Å². The Kier molecular flexibility index (Phi) is 3.75. The van der Waals surface area contributed by atoms with Gasteiger partial charge in [-0.25, -0.2) is 0 Å². The number of rotatable bonds is 4. The van der Waals surface area contributed by atoms with Gasteiger partial charge in [-0.3, -0.25) is 0 Å². The summed E-state index contributed by atoms with van der Waals surface area (Å²) < 4.78 is 5.16. The lowest BCUT2D eigenvalue weighted by Gasteiger charge is -2.31. The highest BCUT2D eigenvalue weighted by molar-refractivity contribution is 5.32. The van der Waals surface area contributed by atoms with Crippen molar-refractivity contribution >= 4 is 0 Å². The zero-order valence-corrected chi connectivity index (χ0v) is 9.95. The Bertz CT molecular complexity index is 320. The van der Waals surface area contributed by atoms with Crippen molar-refractivity contribution in [2.75, 3.05) is 7.11 Å². The van der Waals surface area contributed by atoms with Crippen molar-refractivity contribution in [3.63, 3.8) is 0 Å². The SMILES string of the molecule is CCC(O)(c1cccc(OC)c1)C(C)C. The van der Waals surface area contributed by atoms with E-state index in [0.717, 1.165) is 11.3 Å². The molecule has 1 atom stereocenters. The molecule has 0 aromatic heterocycles. The van der Waals surface area contributed by atoms with Crippen LogP contribution in [0.1, 0.15) is 32.8 Å². The van der Waals surface area contributed by atoms with Gasteiger partial charge in [0, 0.05) is 0 Å². The van der Waals surface area contributed by atoms with E-state index in [2.05, 4.69) is 0 Å². The van der Waals surface area contributed by atoms with Crippen LogP contribution in [-0.4, -0.2) is 12.2 Å². The van der Waals surface area contributed by atoms with Crippen LogP contribution in [0, 0.1) is 5.92 Å². The molecule has 0 spiro atoms. The molecular formula is C13H20O2. The summed E-state index contributed by atoms with van der Waals surface area (Å²) in [5, 5.41) is 10.5. The Balaban J connectivity index is 3.12. The molecule has 2 nitrogen and oxygen atoms in total. The maximum atomic E-state index is 10.5. The minimum atomic E-state index is -0.755. The minimum Gasteiger partial charge on any atom is -0.497 e. The minimum absolute atomic E-state index is 0.189. The molecule has 0 saturated carbocycles. The lowest BCUT2D eigenvalue weighted by Crippen LogP contribution is -2.31. The largest absolute Gasteiger partial charge is 0.497 e. The second-order valence-electron chi connectivity index (χ2n) is 4.16. The van der Waals surface area contributed by atoms with E-state index in [1.807, 2.05) is 45.0 Å². The molecule has 0 fully saturated rings. The van der Waals surface area contributed by atoms with Crippen LogP contribution in [0.3, 0.4) is 0 Å². The number of ether oxygens (including phenoxy) is 1. The molecule has 0 saturated heterocycles. The molecule has 15 heavy (non-hydrogen) atoms. The van der Waals surface area contributed by atoms with Crippen molar-refractivity contribution in [1.29, 1.82) is 0 Å². The number of hydrogen-bond donors (Lipinski definition) is 1. The first-order valence-corrected chi connectivity index (χ1v) is 5.41. The quantitative estimate of drug-likeness (QED) is 0.824. The van der Waals surface area contributed by atoms with Gasteiger partial charge >= 0.3 is 0 Å². The normalized spacial score (nSPS) is 15.1. The van der Waals surface area contributed by atoms with Gasteiger partial charge in [0.1, 0.15) is 5.75 Å². The Morgan fingerprint density at radius 1 is 1.40 bits per heavy atom. The summed E-state index contributed by atoms with van der Waals surface area (Å²) in [5.74, 6) is 0.981. The second kappa shape index (κ2) is 4.67. The van der Waals surface area contributed by atoms with Crippen LogP contribution >= 0.6 is 0 Å². The predicted octanol–water partition coefficient (Wildman–Crippen LogP) is 2.95. The van der Waals surface area contributed by atoms with Gasteiger partial charge in [0.05, 0.1) is 12.7 Å². The fourth-order valence-electron chi connectivity index (χ4n) is 1.84. The van der Waals surface area contributed by atoms with Gasteiger partial charge in [0.2, 0.25) is 0 Å². The van der Waals surface area contributed by atoms with Crippen LogP contribution in [-0.2, 0) is 5.60 Å².